The summed E-state index contributed by atoms with van der Waals surface area (Å²) < 4.78 is 3.09. The Kier molecular flexibility index (Phi) is 6.19. The second kappa shape index (κ2) is 9.46. The SMILES string of the molecule is CCSc1ccccc1C(=O)Nc1cc(C)nn1-c1nc2c(cnn2-c2cccc(C)c2C)c(=O)[nH]1. The molecule has 3 heterocycles. The fraction of sp³-hybridized carbons (Fsp3) is 0.192. The molecular weight excluding hydrogens is 474 g/mol. The average Bonchev–Trinajstić information content (AvgIpc) is 3.45. The van der Waals surface area contributed by atoms with Crippen LogP contribution in [-0.4, -0.2) is 41.2 Å². The number of thioether (sulfide) groups is 1. The number of anilines is 1. The first-order valence-corrected chi connectivity index (χ1v) is 12.5. The molecule has 0 fully saturated rings. The van der Waals surface area contributed by atoms with Gasteiger partial charge in [0, 0.05) is 11.0 Å². The van der Waals surface area contributed by atoms with Crippen LogP contribution in [0.2, 0.25) is 0 Å². The Morgan fingerprint density at radius 1 is 1.08 bits per heavy atom. The van der Waals surface area contributed by atoms with E-state index in [9.17, 15) is 9.59 Å². The number of nitrogens with zero attached hydrogens (tertiary/aromatic N) is 5. The number of aryl methyl sites for hydroxylation is 2. The Labute approximate surface area is 211 Å². The number of fused-ring (bicyclic) bond motifs is 1. The molecule has 0 bridgehead atoms. The van der Waals surface area contributed by atoms with E-state index in [-0.39, 0.29) is 17.4 Å². The van der Waals surface area contributed by atoms with Gasteiger partial charge in [-0.3, -0.25) is 14.6 Å². The Bertz CT molecular complexity index is 1660. The first-order chi connectivity index (χ1) is 17.4. The molecule has 0 radical (unpaired) electrons. The van der Waals surface area contributed by atoms with Gasteiger partial charge in [0.25, 0.3) is 11.5 Å². The van der Waals surface area contributed by atoms with Crippen molar-refractivity contribution in [1.82, 2.24) is 29.5 Å². The zero-order valence-electron chi connectivity index (χ0n) is 20.4. The van der Waals surface area contributed by atoms with Crippen LogP contribution in [0.1, 0.15) is 34.1 Å². The number of carbonyl (C=O) groups is 1. The number of carbonyl (C=O) groups excluding carboxylic acids is 1. The number of aromatic amines is 1. The van der Waals surface area contributed by atoms with E-state index in [4.69, 9.17) is 4.98 Å². The molecule has 9 nitrogen and oxygen atoms in total. The van der Waals surface area contributed by atoms with Gasteiger partial charge in [-0.1, -0.05) is 31.2 Å². The lowest BCUT2D eigenvalue weighted by Gasteiger charge is -2.12. The van der Waals surface area contributed by atoms with Crippen molar-refractivity contribution in [2.24, 2.45) is 0 Å². The second-order valence-electron chi connectivity index (χ2n) is 8.37. The maximum atomic E-state index is 13.2. The zero-order valence-corrected chi connectivity index (χ0v) is 21.2. The largest absolute Gasteiger partial charge is 0.306 e. The lowest BCUT2D eigenvalue weighted by molar-refractivity contribution is 0.102. The second-order valence-corrected chi connectivity index (χ2v) is 9.67. The van der Waals surface area contributed by atoms with Gasteiger partial charge in [0.2, 0.25) is 5.95 Å². The van der Waals surface area contributed by atoms with E-state index in [0.29, 0.717) is 28.1 Å². The molecule has 182 valence electrons. The van der Waals surface area contributed by atoms with Crippen molar-refractivity contribution in [3.63, 3.8) is 0 Å². The molecule has 0 unspecified atom stereocenters. The summed E-state index contributed by atoms with van der Waals surface area (Å²) in [6, 6.07) is 15.1. The van der Waals surface area contributed by atoms with Crippen molar-refractivity contribution < 1.29 is 4.79 Å². The average molecular weight is 500 g/mol. The molecule has 2 N–H and O–H groups in total. The summed E-state index contributed by atoms with van der Waals surface area (Å²) >= 11 is 1.60. The molecule has 36 heavy (non-hydrogen) atoms. The van der Waals surface area contributed by atoms with Gasteiger partial charge in [0.1, 0.15) is 11.2 Å². The maximum Gasteiger partial charge on any atom is 0.263 e. The smallest absolute Gasteiger partial charge is 0.263 e. The van der Waals surface area contributed by atoms with Gasteiger partial charge < -0.3 is 5.32 Å². The molecule has 0 aliphatic heterocycles. The minimum atomic E-state index is -0.346. The van der Waals surface area contributed by atoms with Crippen molar-refractivity contribution in [2.75, 3.05) is 11.1 Å². The molecule has 5 rings (SSSR count). The topological polar surface area (TPSA) is 110 Å². The molecule has 0 saturated heterocycles. The van der Waals surface area contributed by atoms with Crippen LogP contribution in [0.3, 0.4) is 0 Å². The molecule has 10 heteroatoms. The van der Waals surface area contributed by atoms with Crippen molar-refractivity contribution >= 4 is 34.5 Å². The number of H-pyrrole nitrogens is 1. The summed E-state index contributed by atoms with van der Waals surface area (Å²) in [5, 5.41) is 12.2. The van der Waals surface area contributed by atoms with Crippen LogP contribution in [-0.2, 0) is 0 Å². The fourth-order valence-corrected chi connectivity index (χ4v) is 4.82. The van der Waals surface area contributed by atoms with E-state index in [2.05, 4.69) is 20.5 Å². The van der Waals surface area contributed by atoms with Crippen LogP contribution in [0.15, 0.2) is 64.4 Å². The molecule has 0 atom stereocenters. The van der Waals surface area contributed by atoms with Gasteiger partial charge in [-0.25, -0.2) is 4.68 Å². The van der Waals surface area contributed by atoms with E-state index in [0.717, 1.165) is 27.5 Å². The van der Waals surface area contributed by atoms with E-state index in [1.54, 1.807) is 28.6 Å². The molecule has 0 aliphatic rings. The van der Waals surface area contributed by atoms with Crippen molar-refractivity contribution in [3.05, 3.63) is 87.5 Å². The summed E-state index contributed by atoms with van der Waals surface area (Å²) in [5.74, 6) is 1.16. The Morgan fingerprint density at radius 3 is 2.69 bits per heavy atom. The Balaban J connectivity index is 1.59. The quantitative estimate of drug-likeness (QED) is 0.331. The number of hydrogen-bond donors (Lipinski definition) is 2. The highest BCUT2D eigenvalue weighted by atomic mass is 32.2. The van der Waals surface area contributed by atoms with Crippen LogP contribution in [0.25, 0.3) is 22.7 Å². The minimum absolute atomic E-state index is 0.180. The van der Waals surface area contributed by atoms with Gasteiger partial charge in [-0.05, 0) is 55.9 Å². The van der Waals surface area contributed by atoms with Gasteiger partial charge >= 0.3 is 0 Å². The highest BCUT2D eigenvalue weighted by Crippen LogP contribution is 2.25. The van der Waals surface area contributed by atoms with E-state index in [1.165, 1.54) is 10.9 Å². The monoisotopic (exact) mass is 499 g/mol. The molecule has 2 aromatic carbocycles. The summed E-state index contributed by atoms with van der Waals surface area (Å²) in [5.41, 5.74) is 4.27. The molecule has 3 aromatic heterocycles. The first kappa shape index (κ1) is 23.6. The normalized spacial score (nSPS) is 11.2. The molecule has 5 aromatic rings. The third-order valence-electron chi connectivity index (χ3n) is 5.94. The van der Waals surface area contributed by atoms with Crippen LogP contribution in [0, 0.1) is 20.8 Å². The lowest BCUT2D eigenvalue weighted by atomic mass is 10.1. The summed E-state index contributed by atoms with van der Waals surface area (Å²) in [7, 11) is 0. The van der Waals surface area contributed by atoms with E-state index < -0.39 is 0 Å². The number of benzene rings is 2. The van der Waals surface area contributed by atoms with E-state index >= 15 is 0 Å². The van der Waals surface area contributed by atoms with Crippen LogP contribution < -0.4 is 10.9 Å². The van der Waals surface area contributed by atoms with Gasteiger partial charge in [-0.15, -0.1) is 11.8 Å². The first-order valence-electron chi connectivity index (χ1n) is 11.5. The van der Waals surface area contributed by atoms with Crippen LogP contribution in [0.4, 0.5) is 5.82 Å². The van der Waals surface area contributed by atoms with E-state index in [1.807, 2.05) is 64.1 Å². The van der Waals surface area contributed by atoms with Crippen LogP contribution in [0.5, 0.6) is 0 Å². The zero-order chi connectivity index (χ0) is 25.4. The van der Waals surface area contributed by atoms with Gasteiger partial charge in [-0.2, -0.15) is 19.9 Å². The third-order valence-corrected chi connectivity index (χ3v) is 6.89. The molecular formula is C26H25N7O2S. The maximum absolute atomic E-state index is 13.2. The molecule has 0 aliphatic carbocycles. The predicted octanol–water partition coefficient (Wildman–Crippen LogP) is 4.58. The Hall–Kier alpha value is -4.18. The molecule has 0 saturated carbocycles. The van der Waals surface area contributed by atoms with Crippen molar-refractivity contribution in [3.8, 4) is 11.6 Å². The fourth-order valence-electron chi connectivity index (χ4n) is 4.02. The third kappa shape index (κ3) is 4.20. The predicted molar refractivity (Wildman–Crippen MR) is 142 cm³/mol. The molecule has 0 spiro atoms. The van der Waals surface area contributed by atoms with Gasteiger partial charge in [0.15, 0.2) is 5.65 Å². The number of rotatable bonds is 6. The van der Waals surface area contributed by atoms with Crippen molar-refractivity contribution in [2.45, 2.75) is 32.6 Å². The number of nitrogens with one attached hydrogen (secondary N) is 2. The van der Waals surface area contributed by atoms with Crippen LogP contribution >= 0.6 is 11.8 Å². The van der Waals surface area contributed by atoms with Gasteiger partial charge in [0.05, 0.1) is 23.1 Å². The standard InChI is InChI=1S/C26H25N7O2S/c1-5-36-21-12-7-6-10-18(21)24(34)28-22-13-16(3)31-33(22)26-29-23-19(25(35)30-26)14-27-32(23)20-11-8-9-15(2)17(20)4/h6-14H,5H2,1-4H3,(H,28,34)(H,29,30,35). The summed E-state index contributed by atoms with van der Waals surface area (Å²) in [6.45, 7) is 7.88. The van der Waals surface area contributed by atoms with Crippen molar-refractivity contribution in [1.29, 1.82) is 0 Å². The summed E-state index contributed by atoms with van der Waals surface area (Å²) in [6.07, 6.45) is 1.51. The Morgan fingerprint density at radius 2 is 1.89 bits per heavy atom. The number of amides is 1. The number of hydrogen-bond acceptors (Lipinski definition) is 6. The minimum Gasteiger partial charge on any atom is -0.306 e. The summed E-state index contributed by atoms with van der Waals surface area (Å²) in [4.78, 5) is 34.5. The number of aromatic nitrogens is 6. The molecule has 1 amide bonds. The highest BCUT2D eigenvalue weighted by Gasteiger charge is 2.19. The lowest BCUT2D eigenvalue weighted by Crippen LogP contribution is -2.19. The highest BCUT2D eigenvalue weighted by molar-refractivity contribution is 7.99.